The van der Waals surface area contributed by atoms with Crippen LogP contribution in [0, 0.1) is 0 Å². The monoisotopic (exact) mass is 350 g/mol. The topological polar surface area (TPSA) is 0 Å². The summed E-state index contributed by atoms with van der Waals surface area (Å²) in [6, 6.07) is 42.2. The van der Waals surface area contributed by atoms with Crippen molar-refractivity contribution in [2.75, 3.05) is 0 Å². The van der Waals surface area contributed by atoms with E-state index in [4.69, 9.17) is 7.57 Å². The predicted octanol–water partition coefficient (Wildman–Crippen LogP) is 3.93. The van der Waals surface area contributed by atoms with E-state index in [0.717, 1.165) is 0 Å². The third kappa shape index (κ3) is 2.36. The second kappa shape index (κ2) is 6.59. The zero-order valence-corrected chi connectivity index (χ0v) is 15.5. The van der Waals surface area contributed by atoms with E-state index in [1.165, 1.54) is 21.2 Å². The number of rotatable bonds is 4. The molecule has 0 heterocycles. The van der Waals surface area contributed by atoms with E-state index in [9.17, 15) is 0 Å². The molecule has 0 saturated heterocycles. The van der Waals surface area contributed by atoms with Crippen LogP contribution in [-0.4, -0.2) is 7.57 Å². The van der Waals surface area contributed by atoms with Gasteiger partial charge in [-0.25, -0.2) is 0 Å². The molecule has 0 N–H and O–H groups in total. The average Bonchev–Trinajstić information content (AvgIpc) is 2.76. The minimum atomic E-state index is -3.32. The third-order valence-corrected chi connectivity index (χ3v) is 10.7. The molecule has 4 rings (SSSR count). The first-order valence-corrected chi connectivity index (χ1v) is 11.1. The number of hydrogen-bond donors (Lipinski definition) is 0. The van der Waals surface area contributed by atoms with E-state index < -0.39 is 6.48 Å². The van der Waals surface area contributed by atoms with Gasteiger partial charge in [0, 0.05) is 0 Å². The molecule has 0 unspecified atom stereocenters. The summed E-state index contributed by atoms with van der Waals surface area (Å²) in [5, 5.41) is 4.67. The van der Waals surface area contributed by atoms with Crippen molar-refractivity contribution in [1.82, 2.24) is 0 Å². The maximum absolute atomic E-state index is 7.74. The van der Waals surface area contributed by atoms with Crippen LogP contribution in [0.5, 0.6) is 0 Å². The Balaban J connectivity index is 2.23. The molecule has 0 aliphatic carbocycles. The second-order valence-corrected chi connectivity index (χ2v) is 11.0. The van der Waals surface area contributed by atoms with E-state index in [-0.39, 0.29) is 0 Å². The number of benzene rings is 4. The summed E-state index contributed by atoms with van der Waals surface area (Å²) in [4.78, 5) is 0. The fourth-order valence-electron chi connectivity index (χ4n) is 3.85. The fraction of sp³-hybridized carbons (Fsp3) is 0. The van der Waals surface area contributed by atoms with Gasteiger partial charge in [-0.05, 0) is 0 Å². The quantitative estimate of drug-likeness (QED) is 0.387. The molecule has 0 aliphatic rings. The fourth-order valence-corrected chi connectivity index (χ4v) is 8.80. The predicted molar refractivity (Wildman–Crippen MR) is 117 cm³/mol. The molecule has 4 aromatic carbocycles. The Bertz CT molecular complexity index is 814. The van der Waals surface area contributed by atoms with Crippen molar-refractivity contribution in [2.24, 2.45) is 0 Å². The van der Waals surface area contributed by atoms with Gasteiger partial charge in [0.2, 0.25) is 0 Å². The van der Waals surface area contributed by atoms with E-state index in [2.05, 4.69) is 97.1 Å². The SMILES string of the molecule is [B]P(c1ccccc1)(c1ccccc1)(c1ccccc1)c1ccccc1. The Morgan fingerprint density at radius 1 is 0.346 bits per heavy atom. The maximum atomic E-state index is 7.74. The molecule has 0 spiro atoms. The summed E-state index contributed by atoms with van der Waals surface area (Å²) >= 11 is 0. The molecule has 0 aliphatic heterocycles. The Hall–Kier alpha value is -2.63. The molecule has 124 valence electrons. The zero-order valence-electron chi connectivity index (χ0n) is 14.6. The van der Waals surface area contributed by atoms with E-state index in [1.807, 2.05) is 24.3 Å². The molecule has 4 aromatic rings. The van der Waals surface area contributed by atoms with Crippen LogP contribution < -0.4 is 21.2 Å². The van der Waals surface area contributed by atoms with Gasteiger partial charge in [0.1, 0.15) is 0 Å². The van der Waals surface area contributed by atoms with E-state index in [0.29, 0.717) is 0 Å². The second-order valence-electron chi connectivity index (χ2n) is 6.53. The van der Waals surface area contributed by atoms with Gasteiger partial charge in [-0.3, -0.25) is 0 Å². The van der Waals surface area contributed by atoms with Gasteiger partial charge >= 0.3 is 157 Å². The van der Waals surface area contributed by atoms with Gasteiger partial charge in [-0.1, -0.05) is 0 Å². The van der Waals surface area contributed by atoms with Crippen LogP contribution in [0.4, 0.5) is 0 Å². The summed E-state index contributed by atoms with van der Waals surface area (Å²) in [5.41, 5.74) is 0. The molecule has 2 heteroatoms. The van der Waals surface area contributed by atoms with Gasteiger partial charge in [-0.15, -0.1) is 0 Å². The van der Waals surface area contributed by atoms with Crippen LogP contribution in [0.3, 0.4) is 0 Å². The van der Waals surface area contributed by atoms with Crippen LogP contribution in [0.25, 0.3) is 0 Å². The van der Waals surface area contributed by atoms with Gasteiger partial charge in [0.05, 0.1) is 0 Å². The summed E-state index contributed by atoms with van der Waals surface area (Å²) < 4.78 is 0. The summed E-state index contributed by atoms with van der Waals surface area (Å²) in [6.45, 7) is -3.32. The molecule has 0 atom stereocenters. The van der Waals surface area contributed by atoms with Crippen molar-refractivity contribution in [3.05, 3.63) is 121 Å². The van der Waals surface area contributed by atoms with E-state index >= 15 is 0 Å². The van der Waals surface area contributed by atoms with Crippen LogP contribution in [0.1, 0.15) is 0 Å². The summed E-state index contributed by atoms with van der Waals surface area (Å²) in [7, 11) is 7.74. The standard InChI is InChI=1S/C24H20BP/c25-26(21-13-5-1-6-14-21,22-15-7-2-8-16-22,23-17-9-3-10-18-23)24-19-11-4-12-20-24/h1-20H. The molecule has 2 radical (unpaired) electrons. The molecule has 0 fully saturated rings. The average molecular weight is 350 g/mol. The molecular formula is C24H20BP. The Morgan fingerprint density at radius 2 is 0.538 bits per heavy atom. The van der Waals surface area contributed by atoms with Crippen molar-refractivity contribution in [2.45, 2.75) is 0 Å². The van der Waals surface area contributed by atoms with Crippen LogP contribution in [0.15, 0.2) is 121 Å². The third-order valence-electron chi connectivity index (χ3n) is 5.17. The molecule has 0 nitrogen and oxygen atoms in total. The van der Waals surface area contributed by atoms with Gasteiger partial charge in [-0.2, -0.15) is 0 Å². The molecule has 0 aromatic heterocycles. The van der Waals surface area contributed by atoms with Crippen LogP contribution in [0.2, 0.25) is 0 Å². The van der Waals surface area contributed by atoms with Gasteiger partial charge in [0.15, 0.2) is 0 Å². The number of hydrogen-bond acceptors (Lipinski definition) is 0. The molecule has 26 heavy (non-hydrogen) atoms. The normalized spacial score (nSPS) is 12.8. The van der Waals surface area contributed by atoms with Crippen LogP contribution in [-0.2, 0) is 0 Å². The first-order chi connectivity index (χ1) is 12.7. The van der Waals surface area contributed by atoms with Crippen molar-refractivity contribution >= 4 is 35.3 Å². The molecular weight excluding hydrogens is 330 g/mol. The molecule has 0 saturated carbocycles. The molecule has 0 amide bonds. The van der Waals surface area contributed by atoms with Gasteiger partial charge < -0.3 is 0 Å². The first kappa shape index (κ1) is 16.8. The Labute approximate surface area is 156 Å². The first-order valence-electron chi connectivity index (χ1n) is 8.80. The molecule has 0 bridgehead atoms. The Morgan fingerprint density at radius 3 is 0.731 bits per heavy atom. The van der Waals surface area contributed by atoms with Crippen molar-refractivity contribution < 1.29 is 0 Å². The van der Waals surface area contributed by atoms with Crippen molar-refractivity contribution in [3.63, 3.8) is 0 Å². The van der Waals surface area contributed by atoms with E-state index in [1.54, 1.807) is 0 Å². The summed E-state index contributed by atoms with van der Waals surface area (Å²) in [6.07, 6.45) is 0. The Kier molecular flexibility index (Phi) is 4.27. The zero-order chi connectivity index (χ0) is 17.9. The summed E-state index contributed by atoms with van der Waals surface area (Å²) in [5.74, 6) is 0. The van der Waals surface area contributed by atoms with Crippen molar-refractivity contribution in [1.29, 1.82) is 0 Å². The van der Waals surface area contributed by atoms with Gasteiger partial charge in [0.25, 0.3) is 0 Å². The van der Waals surface area contributed by atoms with Crippen molar-refractivity contribution in [3.8, 4) is 0 Å². The minimum absolute atomic E-state index is 1.17. The van der Waals surface area contributed by atoms with Crippen LogP contribution >= 0.6 is 6.48 Å².